The molecule has 1 aromatic heterocycles. The van der Waals surface area contributed by atoms with Crippen molar-refractivity contribution < 1.29 is 8.42 Å². The molecule has 0 saturated carbocycles. The number of halogens is 1. The molecule has 0 fully saturated rings. The Balaban J connectivity index is 2.33. The SMILES string of the molecule is Cc1ccc(NS(=O)(=O)c2ccc(CN)cc2Cl)nc1. The molecule has 2 aromatic rings. The van der Waals surface area contributed by atoms with Crippen LogP contribution < -0.4 is 10.5 Å². The van der Waals surface area contributed by atoms with Crippen molar-refractivity contribution in [3.05, 3.63) is 52.7 Å². The molecule has 1 heterocycles. The van der Waals surface area contributed by atoms with Crippen molar-refractivity contribution in [2.45, 2.75) is 18.4 Å². The fraction of sp³-hybridized carbons (Fsp3) is 0.154. The highest BCUT2D eigenvalue weighted by Crippen LogP contribution is 2.24. The maximum atomic E-state index is 12.2. The third-order valence-corrected chi connectivity index (χ3v) is 4.51. The van der Waals surface area contributed by atoms with E-state index in [1.165, 1.54) is 6.07 Å². The summed E-state index contributed by atoms with van der Waals surface area (Å²) >= 11 is 5.99. The molecule has 106 valence electrons. The Morgan fingerprint density at radius 3 is 2.60 bits per heavy atom. The third-order valence-electron chi connectivity index (χ3n) is 2.67. The van der Waals surface area contributed by atoms with Gasteiger partial charge in [0.1, 0.15) is 10.7 Å². The molecule has 0 radical (unpaired) electrons. The predicted molar refractivity (Wildman–Crippen MR) is 79.1 cm³/mol. The van der Waals surface area contributed by atoms with Crippen LogP contribution in [0.5, 0.6) is 0 Å². The van der Waals surface area contributed by atoms with E-state index >= 15 is 0 Å². The highest BCUT2D eigenvalue weighted by Gasteiger charge is 2.18. The average molecular weight is 312 g/mol. The van der Waals surface area contributed by atoms with Crippen molar-refractivity contribution in [3.8, 4) is 0 Å². The minimum Gasteiger partial charge on any atom is -0.326 e. The summed E-state index contributed by atoms with van der Waals surface area (Å²) in [5.74, 6) is 0.245. The zero-order chi connectivity index (χ0) is 14.8. The number of pyridine rings is 1. The van der Waals surface area contributed by atoms with Crippen LogP contribution in [0.3, 0.4) is 0 Å². The van der Waals surface area contributed by atoms with E-state index in [1.807, 2.05) is 6.92 Å². The van der Waals surface area contributed by atoms with Crippen LogP contribution in [0.25, 0.3) is 0 Å². The molecule has 7 heteroatoms. The van der Waals surface area contributed by atoms with Crippen molar-refractivity contribution in [2.75, 3.05) is 4.72 Å². The largest absolute Gasteiger partial charge is 0.326 e. The lowest BCUT2D eigenvalue weighted by Gasteiger charge is -2.09. The number of aryl methyl sites for hydroxylation is 1. The van der Waals surface area contributed by atoms with Crippen LogP contribution in [-0.4, -0.2) is 13.4 Å². The quantitative estimate of drug-likeness (QED) is 0.907. The lowest BCUT2D eigenvalue weighted by molar-refractivity contribution is 0.601. The van der Waals surface area contributed by atoms with Crippen molar-refractivity contribution in [2.24, 2.45) is 5.73 Å². The fourth-order valence-electron chi connectivity index (χ4n) is 1.61. The summed E-state index contributed by atoms with van der Waals surface area (Å²) in [5.41, 5.74) is 7.19. The Kier molecular flexibility index (Phi) is 4.27. The van der Waals surface area contributed by atoms with Gasteiger partial charge in [-0.3, -0.25) is 4.72 Å². The monoisotopic (exact) mass is 311 g/mol. The third kappa shape index (κ3) is 3.27. The van der Waals surface area contributed by atoms with Gasteiger partial charge in [-0.25, -0.2) is 13.4 Å². The van der Waals surface area contributed by atoms with Gasteiger partial charge < -0.3 is 5.73 Å². The summed E-state index contributed by atoms with van der Waals surface area (Å²) in [6.07, 6.45) is 1.58. The molecule has 0 amide bonds. The lowest BCUT2D eigenvalue weighted by atomic mass is 10.2. The molecular formula is C13H14ClN3O2S. The summed E-state index contributed by atoms with van der Waals surface area (Å²) in [5, 5.41) is 0.132. The van der Waals surface area contributed by atoms with Crippen LogP contribution in [0.15, 0.2) is 41.4 Å². The van der Waals surface area contributed by atoms with Gasteiger partial charge in [-0.05, 0) is 36.2 Å². The summed E-state index contributed by atoms with van der Waals surface area (Å²) in [6.45, 7) is 2.17. The standard InChI is InChI=1S/C13H14ClN3O2S/c1-9-2-5-13(16-8-9)17-20(18,19)12-4-3-10(7-15)6-11(12)14/h2-6,8H,7,15H2,1H3,(H,16,17). The van der Waals surface area contributed by atoms with Crippen molar-refractivity contribution in [1.82, 2.24) is 4.98 Å². The molecule has 0 unspecified atom stereocenters. The molecule has 5 nitrogen and oxygen atoms in total. The van der Waals surface area contributed by atoms with Gasteiger partial charge in [-0.2, -0.15) is 0 Å². The molecule has 0 atom stereocenters. The highest BCUT2D eigenvalue weighted by atomic mass is 35.5. The first kappa shape index (κ1) is 14.8. The van der Waals surface area contributed by atoms with Crippen molar-refractivity contribution in [1.29, 1.82) is 0 Å². The van der Waals surface area contributed by atoms with Crippen LogP contribution in [0.2, 0.25) is 5.02 Å². The molecular weight excluding hydrogens is 298 g/mol. The van der Waals surface area contributed by atoms with Gasteiger partial charge >= 0.3 is 0 Å². The minimum absolute atomic E-state index is 0.00117. The molecule has 0 spiro atoms. The molecule has 0 aliphatic rings. The first-order chi connectivity index (χ1) is 9.42. The number of nitrogens with zero attached hydrogens (tertiary/aromatic N) is 1. The van der Waals surface area contributed by atoms with E-state index in [0.717, 1.165) is 11.1 Å². The smallest absolute Gasteiger partial charge is 0.264 e. The highest BCUT2D eigenvalue weighted by molar-refractivity contribution is 7.92. The van der Waals surface area contributed by atoms with Crippen molar-refractivity contribution in [3.63, 3.8) is 0 Å². The van der Waals surface area contributed by atoms with E-state index in [9.17, 15) is 8.42 Å². The van der Waals surface area contributed by atoms with Gasteiger partial charge in [0.25, 0.3) is 10.0 Å². The maximum absolute atomic E-state index is 12.2. The van der Waals surface area contributed by atoms with Crippen LogP contribution in [0.1, 0.15) is 11.1 Å². The number of hydrogen-bond acceptors (Lipinski definition) is 4. The summed E-state index contributed by atoms with van der Waals surface area (Å²) in [6, 6.07) is 7.96. The number of nitrogens with two attached hydrogens (primary N) is 1. The fourth-order valence-corrected chi connectivity index (χ4v) is 3.19. The molecule has 0 bridgehead atoms. The van der Waals surface area contributed by atoms with E-state index in [4.69, 9.17) is 17.3 Å². The maximum Gasteiger partial charge on any atom is 0.264 e. The zero-order valence-electron chi connectivity index (χ0n) is 10.8. The van der Waals surface area contributed by atoms with E-state index in [2.05, 4.69) is 9.71 Å². The predicted octanol–water partition coefficient (Wildman–Crippen LogP) is 2.30. The van der Waals surface area contributed by atoms with E-state index in [0.29, 0.717) is 6.54 Å². The number of nitrogens with one attached hydrogen (secondary N) is 1. The van der Waals surface area contributed by atoms with E-state index < -0.39 is 10.0 Å². The van der Waals surface area contributed by atoms with Gasteiger partial charge in [-0.1, -0.05) is 23.7 Å². The van der Waals surface area contributed by atoms with Crippen LogP contribution in [0.4, 0.5) is 5.82 Å². The zero-order valence-corrected chi connectivity index (χ0v) is 12.4. The first-order valence-corrected chi connectivity index (χ1v) is 7.72. The summed E-state index contributed by atoms with van der Waals surface area (Å²) < 4.78 is 26.9. The molecule has 0 aliphatic heterocycles. The second kappa shape index (κ2) is 5.78. The normalized spacial score (nSPS) is 11.3. The van der Waals surface area contributed by atoms with Crippen LogP contribution in [0, 0.1) is 6.92 Å². The number of sulfonamides is 1. The first-order valence-electron chi connectivity index (χ1n) is 5.86. The Hall–Kier alpha value is -1.63. The van der Waals surface area contributed by atoms with E-state index in [-0.39, 0.29) is 15.7 Å². The minimum atomic E-state index is -3.77. The van der Waals surface area contributed by atoms with Crippen LogP contribution in [-0.2, 0) is 16.6 Å². The molecule has 0 aliphatic carbocycles. The average Bonchev–Trinajstić information content (AvgIpc) is 2.40. The molecule has 3 N–H and O–H groups in total. The molecule has 2 rings (SSSR count). The van der Waals surface area contributed by atoms with Crippen molar-refractivity contribution >= 4 is 27.4 Å². The number of hydrogen-bond donors (Lipinski definition) is 2. The van der Waals surface area contributed by atoms with Gasteiger partial charge in [-0.15, -0.1) is 0 Å². The van der Waals surface area contributed by atoms with Crippen LogP contribution >= 0.6 is 11.6 Å². The van der Waals surface area contributed by atoms with Gasteiger partial charge in [0.2, 0.25) is 0 Å². The second-order valence-electron chi connectivity index (χ2n) is 4.30. The summed E-state index contributed by atoms with van der Waals surface area (Å²) in [4.78, 5) is 4.00. The Labute approximate surface area is 122 Å². The second-order valence-corrected chi connectivity index (χ2v) is 6.35. The topological polar surface area (TPSA) is 85.1 Å². The number of anilines is 1. The Morgan fingerprint density at radius 1 is 1.30 bits per heavy atom. The number of benzene rings is 1. The summed E-state index contributed by atoms with van der Waals surface area (Å²) in [7, 11) is -3.77. The molecule has 0 saturated heterocycles. The van der Waals surface area contributed by atoms with Gasteiger partial charge in [0.05, 0.1) is 5.02 Å². The number of aromatic nitrogens is 1. The van der Waals surface area contributed by atoms with Gasteiger partial charge in [0.15, 0.2) is 0 Å². The molecule has 20 heavy (non-hydrogen) atoms. The Bertz CT molecular complexity index is 715. The molecule has 1 aromatic carbocycles. The number of rotatable bonds is 4. The van der Waals surface area contributed by atoms with E-state index in [1.54, 1.807) is 30.5 Å². The Morgan fingerprint density at radius 2 is 2.05 bits per heavy atom. The lowest BCUT2D eigenvalue weighted by Crippen LogP contribution is -2.14. The van der Waals surface area contributed by atoms with Gasteiger partial charge in [0, 0.05) is 12.7 Å².